The van der Waals surface area contributed by atoms with Crippen molar-refractivity contribution in [3.8, 4) is 0 Å². The Morgan fingerprint density at radius 1 is 1.30 bits per heavy atom. The summed E-state index contributed by atoms with van der Waals surface area (Å²) in [4.78, 5) is 12.3. The van der Waals surface area contributed by atoms with Crippen LogP contribution in [0.1, 0.15) is 23.7 Å². The van der Waals surface area contributed by atoms with E-state index >= 15 is 0 Å². The largest absolute Gasteiger partial charge is 0.398 e. The SMILES string of the molecule is CSCCC(C)NC(=O)c1cc2ccccc2cc1N. The number of anilines is 1. The molecule has 3 N–H and O–H groups in total. The van der Waals surface area contributed by atoms with Crippen LogP contribution in [0.4, 0.5) is 5.69 Å². The summed E-state index contributed by atoms with van der Waals surface area (Å²) >= 11 is 1.78. The maximum absolute atomic E-state index is 12.3. The van der Waals surface area contributed by atoms with Crippen molar-refractivity contribution in [3.63, 3.8) is 0 Å². The smallest absolute Gasteiger partial charge is 0.253 e. The monoisotopic (exact) mass is 288 g/mol. The Balaban J connectivity index is 2.19. The van der Waals surface area contributed by atoms with Gasteiger partial charge in [-0.2, -0.15) is 11.8 Å². The maximum Gasteiger partial charge on any atom is 0.253 e. The van der Waals surface area contributed by atoms with E-state index in [9.17, 15) is 4.79 Å². The lowest BCUT2D eigenvalue weighted by Gasteiger charge is -2.14. The third kappa shape index (κ3) is 3.45. The van der Waals surface area contributed by atoms with Gasteiger partial charge in [0.2, 0.25) is 0 Å². The van der Waals surface area contributed by atoms with Crippen LogP contribution in [0.15, 0.2) is 36.4 Å². The predicted octanol–water partition coefficient (Wildman–Crippen LogP) is 3.29. The first-order valence-electron chi connectivity index (χ1n) is 6.70. The predicted molar refractivity (Wildman–Crippen MR) is 88.3 cm³/mol. The molecule has 1 unspecified atom stereocenters. The molecule has 2 aromatic carbocycles. The minimum atomic E-state index is -0.0955. The van der Waals surface area contributed by atoms with Crippen molar-refractivity contribution in [1.82, 2.24) is 5.32 Å². The van der Waals surface area contributed by atoms with Crippen LogP contribution >= 0.6 is 11.8 Å². The number of nitrogens with two attached hydrogens (primary N) is 1. The molecular weight excluding hydrogens is 268 g/mol. The lowest BCUT2D eigenvalue weighted by molar-refractivity contribution is 0.0940. The number of thioether (sulfide) groups is 1. The third-order valence-corrected chi connectivity index (χ3v) is 3.94. The van der Waals surface area contributed by atoms with E-state index in [4.69, 9.17) is 5.73 Å². The molecule has 1 amide bonds. The van der Waals surface area contributed by atoms with E-state index < -0.39 is 0 Å². The molecular formula is C16H20N2OS. The van der Waals surface area contributed by atoms with Crippen LogP contribution in [0.5, 0.6) is 0 Å². The Bertz CT molecular complexity index is 612. The van der Waals surface area contributed by atoms with Crippen LogP contribution in [-0.2, 0) is 0 Å². The minimum Gasteiger partial charge on any atom is -0.398 e. The van der Waals surface area contributed by atoms with Crippen molar-refractivity contribution in [2.24, 2.45) is 0 Å². The first kappa shape index (κ1) is 14.7. The van der Waals surface area contributed by atoms with Gasteiger partial charge in [-0.25, -0.2) is 0 Å². The molecule has 0 aliphatic carbocycles. The van der Waals surface area contributed by atoms with Gasteiger partial charge in [-0.3, -0.25) is 4.79 Å². The van der Waals surface area contributed by atoms with Crippen molar-refractivity contribution in [2.75, 3.05) is 17.7 Å². The molecule has 0 radical (unpaired) electrons. The first-order chi connectivity index (χ1) is 9.61. The minimum absolute atomic E-state index is 0.0955. The summed E-state index contributed by atoms with van der Waals surface area (Å²) in [6.07, 6.45) is 3.02. The summed E-state index contributed by atoms with van der Waals surface area (Å²) < 4.78 is 0. The summed E-state index contributed by atoms with van der Waals surface area (Å²) in [7, 11) is 0. The zero-order valence-corrected chi connectivity index (χ0v) is 12.7. The second-order valence-electron chi connectivity index (χ2n) is 4.94. The molecule has 3 nitrogen and oxygen atoms in total. The fourth-order valence-corrected chi connectivity index (χ4v) is 2.71. The van der Waals surface area contributed by atoms with Gasteiger partial charge in [-0.1, -0.05) is 24.3 Å². The second-order valence-corrected chi connectivity index (χ2v) is 5.93. The molecule has 0 saturated carbocycles. The van der Waals surface area contributed by atoms with Crippen LogP contribution in [0.2, 0.25) is 0 Å². The Morgan fingerprint density at radius 3 is 2.60 bits per heavy atom. The molecule has 0 aromatic heterocycles. The number of hydrogen-bond acceptors (Lipinski definition) is 3. The fourth-order valence-electron chi connectivity index (χ4n) is 2.12. The van der Waals surface area contributed by atoms with Crippen molar-refractivity contribution >= 4 is 34.1 Å². The Hall–Kier alpha value is -1.68. The molecule has 0 bridgehead atoms. The second kappa shape index (κ2) is 6.66. The summed E-state index contributed by atoms with van der Waals surface area (Å²) in [6.45, 7) is 2.02. The summed E-state index contributed by atoms with van der Waals surface area (Å²) in [5.41, 5.74) is 7.08. The van der Waals surface area contributed by atoms with E-state index in [1.165, 1.54) is 0 Å². The molecule has 0 aliphatic rings. The molecule has 2 aromatic rings. The van der Waals surface area contributed by atoms with Gasteiger partial charge < -0.3 is 11.1 Å². The Morgan fingerprint density at radius 2 is 1.95 bits per heavy atom. The van der Waals surface area contributed by atoms with Gasteiger partial charge in [-0.05, 0) is 48.3 Å². The summed E-state index contributed by atoms with van der Waals surface area (Å²) in [5, 5.41) is 5.09. The Labute approximate surface area is 123 Å². The molecule has 0 saturated heterocycles. The van der Waals surface area contributed by atoms with Crippen molar-refractivity contribution in [1.29, 1.82) is 0 Å². The highest BCUT2D eigenvalue weighted by Crippen LogP contribution is 2.22. The number of nitrogen functional groups attached to an aromatic ring is 1. The standard InChI is InChI=1S/C16H20N2OS/c1-11(7-8-20-2)18-16(19)14-9-12-5-3-4-6-13(12)10-15(14)17/h3-6,9-11H,7-8,17H2,1-2H3,(H,18,19). The molecule has 0 aliphatic heterocycles. The Kier molecular flexibility index (Phi) is 4.90. The normalized spacial score (nSPS) is 12.3. The maximum atomic E-state index is 12.3. The lowest BCUT2D eigenvalue weighted by Crippen LogP contribution is -2.33. The average Bonchev–Trinajstić information content (AvgIpc) is 2.44. The summed E-state index contributed by atoms with van der Waals surface area (Å²) in [6, 6.07) is 11.8. The van der Waals surface area contributed by atoms with Crippen LogP contribution in [-0.4, -0.2) is 24.0 Å². The highest BCUT2D eigenvalue weighted by molar-refractivity contribution is 7.98. The fraction of sp³-hybridized carbons (Fsp3) is 0.312. The number of rotatable bonds is 5. The average molecular weight is 288 g/mol. The molecule has 0 spiro atoms. The molecule has 2 rings (SSSR count). The van der Waals surface area contributed by atoms with Crippen molar-refractivity contribution in [3.05, 3.63) is 42.0 Å². The topological polar surface area (TPSA) is 55.1 Å². The van der Waals surface area contributed by atoms with E-state index in [2.05, 4.69) is 11.6 Å². The number of amides is 1. The number of fused-ring (bicyclic) bond motifs is 1. The highest BCUT2D eigenvalue weighted by Gasteiger charge is 2.13. The molecule has 20 heavy (non-hydrogen) atoms. The van der Waals surface area contributed by atoms with Gasteiger partial charge in [0, 0.05) is 11.7 Å². The number of nitrogens with one attached hydrogen (secondary N) is 1. The van der Waals surface area contributed by atoms with Crippen LogP contribution in [0.3, 0.4) is 0 Å². The van der Waals surface area contributed by atoms with Gasteiger partial charge >= 0.3 is 0 Å². The quantitative estimate of drug-likeness (QED) is 0.830. The van der Waals surface area contributed by atoms with Crippen LogP contribution in [0, 0.1) is 0 Å². The number of benzene rings is 2. The van der Waals surface area contributed by atoms with Gasteiger partial charge in [-0.15, -0.1) is 0 Å². The molecule has 4 heteroatoms. The lowest BCUT2D eigenvalue weighted by atomic mass is 10.0. The summed E-state index contributed by atoms with van der Waals surface area (Å²) in [5.74, 6) is 0.941. The molecule has 0 heterocycles. The van der Waals surface area contributed by atoms with Gasteiger partial charge in [0.25, 0.3) is 5.91 Å². The zero-order chi connectivity index (χ0) is 14.5. The molecule has 0 fully saturated rings. The number of carbonyl (C=O) groups excluding carboxylic acids is 1. The van der Waals surface area contributed by atoms with Crippen LogP contribution in [0.25, 0.3) is 10.8 Å². The van der Waals surface area contributed by atoms with Crippen LogP contribution < -0.4 is 11.1 Å². The number of carbonyl (C=O) groups is 1. The highest BCUT2D eigenvalue weighted by atomic mass is 32.2. The number of hydrogen-bond donors (Lipinski definition) is 2. The zero-order valence-electron chi connectivity index (χ0n) is 11.8. The van der Waals surface area contributed by atoms with E-state index in [1.54, 1.807) is 11.8 Å². The van der Waals surface area contributed by atoms with E-state index in [1.807, 2.05) is 43.3 Å². The van der Waals surface area contributed by atoms with E-state index in [0.29, 0.717) is 11.3 Å². The van der Waals surface area contributed by atoms with Crippen molar-refractivity contribution in [2.45, 2.75) is 19.4 Å². The van der Waals surface area contributed by atoms with Gasteiger partial charge in [0.15, 0.2) is 0 Å². The van der Waals surface area contributed by atoms with Gasteiger partial charge in [0.1, 0.15) is 0 Å². The van der Waals surface area contributed by atoms with E-state index in [-0.39, 0.29) is 11.9 Å². The van der Waals surface area contributed by atoms with E-state index in [0.717, 1.165) is 22.9 Å². The van der Waals surface area contributed by atoms with Crippen molar-refractivity contribution < 1.29 is 4.79 Å². The first-order valence-corrected chi connectivity index (χ1v) is 8.09. The molecule has 1 atom stereocenters. The third-order valence-electron chi connectivity index (χ3n) is 3.29. The molecule has 106 valence electrons. The van der Waals surface area contributed by atoms with Gasteiger partial charge in [0.05, 0.1) is 5.56 Å².